The van der Waals surface area contributed by atoms with Gasteiger partial charge < -0.3 is 9.88 Å². The summed E-state index contributed by atoms with van der Waals surface area (Å²) in [7, 11) is 1.99. The summed E-state index contributed by atoms with van der Waals surface area (Å²) < 4.78 is 3.77. The van der Waals surface area contributed by atoms with Crippen LogP contribution >= 0.6 is 38.9 Å². The van der Waals surface area contributed by atoms with E-state index in [0.717, 1.165) is 27.7 Å². The van der Waals surface area contributed by atoms with Gasteiger partial charge in [0.15, 0.2) is 0 Å². The van der Waals surface area contributed by atoms with Gasteiger partial charge in [0.2, 0.25) is 0 Å². The number of hydrogen-bond donors (Lipinski definition) is 1. The van der Waals surface area contributed by atoms with Gasteiger partial charge in [-0.2, -0.15) is 0 Å². The van der Waals surface area contributed by atoms with E-state index >= 15 is 0 Å². The molecule has 0 amide bonds. The van der Waals surface area contributed by atoms with Gasteiger partial charge in [-0.15, -0.1) is 11.3 Å². The van der Waals surface area contributed by atoms with Gasteiger partial charge in [-0.25, -0.2) is 4.98 Å². The average Bonchev–Trinajstić information content (AvgIpc) is 2.76. The van der Waals surface area contributed by atoms with E-state index in [-0.39, 0.29) is 0 Å². The van der Waals surface area contributed by atoms with Crippen LogP contribution < -0.4 is 5.32 Å². The van der Waals surface area contributed by atoms with Gasteiger partial charge in [0.25, 0.3) is 0 Å². The highest BCUT2D eigenvalue weighted by Gasteiger charge is 2.04. The van der Waals surface area contributed by atoms with E-state index in [4.69, 9.17) is 11.6 Å². The largest absolute Gasteiger partial charge is 0.337 e. The van der Waals surface area contributed by atoms with Gasteiger partial charge in [0.05, 0.1) is 6.54 Å². The van der Waals surface area contributed by atoms with Crippen LogP contribution in [0.4, 0.5) is 0 Å². The number of aromatic nitrogens is 2. The summed E-state index contributed by atoms with van der Waals surface area (Å²) in [5.41, 5.74) is 0. The maximum atomic E-state index is 5.96. The molecule has 1 N–H and O–H groups in total. The summed E-state index contributed by atoms with van der Waals surface area (Å²) in [5, 5.41) is 3.33. The van der Waals surface area contributed by atoms with Gasteiger partial charge >= 0.3 is 0 Å². The zero-order valence-electron chi connectivity index (χ0n) is 8.70. The lowest BCUT2D eigenvalue weighted by molar-refractivity contribution is 0.643. The summed E-state index contributed by atoms with van der Waals surface area (Å²) in [6.07, 6.45) is 3.74. The number of rotatable bonds is 4. The topological polar surface area (TPSA) is 29.9 Å². The molecule has 2 aromatic rings. The maximum Gasteiger partial charge on any atom is 0.122 e. The van der Waals surface area contributed by atoms with Crippen LogP contribution in [0, 0.1) is 0 Å². The van der Waals surface area contributed by atoms with Crippen molar-refractivity contribution in [2.75, 3.05) is 0 Å². The van der Waals surface area contributed by atoms with Gasteiger partial charge in [-0.1, -0.05) is 11.6 Å². The van der Waals surface area contributed by atoms with Crippen LogP contribution in [0.25, 0.3) is 0 Å². The Morgan fingerprint density at radius 3 is 2.94 bits per heavy atom. The minimum absolute atomic E-state index is 0.761. The van der Waals surface area contributed by atoms with E-state index in [9.17, 15) is 0 Å². The second-order valence-corrected chi connectivity index (χ2v) is 5.99. The van der Waals surface area contributed by atoms with E-state index in [0.29, 0.717) is 0 Å². The number of halogens is 2. The van der Waals surface area contributed by atoms with Crippen LogP contribution in [0.2, 0.25) is 4.34 Å². The van der Waals surface area contributed by atoms with E-state index in [1.165, 1.54) is 4.88 Å². The molecule has 0 aliphatic rings. The molecule has 0 radical (unpaired) electrons. The maximum absolute atomic E-state index is 5.96. The minimum atomic E-state index is 0.761. The minimum Gasteiger partial charge on any atom is -0.337 e. The van der Waals surface area contributed by atoms with E-state index in [1.807, 2.05) is 23.9 Å². The van der Waals surface area contributed by atoms with Crippen molar-refractivity contribution >= 4 is 38.9 Å². The lowest BCUT2D eigenvalue weighted by atomic mass is 10.4. The zero-order valence-corrected chi connectivity index (χ0v) is 11.9. The van der Waals surface area contributed by atoms with Crippen molar-refractivity contribution < 1.29 is 0 Å². The molecule has 3 nitrogen and oxygen atoms in total. The first kappa shape index (κ1) is 12.1. The fourth-order valence-electron chi connectivity index (χ4n) is 1.34. The van der Waals surface area contributed by atoms with Gasteiger partial charge in [-0.3, -0.25) is 0 Å². The average molecular weight is 321 g/mol. The summed E-state index contributed by atoms with van der Waals surface area (Å²) in [6, 6.07) is 2.04. The molecule has 86 valence electrons. The van der Waals surface area contributed by atoms with Crippen LogP contribution in [-0.4, -0.2) is 9.55 Å². The molecule has 16 heavy (non-hydrogen) atoms. The van der Waals surface area contributed by atoms with E-state index in [1.54, 1.807) is 17.5 Å². The van der Waals surface area contributed by atoms with Crippen LogP contribution in [-0.2, 0) is 20.1 Å². The van der Waals surface area contributed by atoms with Crippen molar-refractivity contribution in [3.05, 3.63) is 38.0 Å². The van der Waals surface area contributed by atoms with Crippen LogP contribution in [0.3, 0.4) is 0 Å². The first-order valence-electron chi connectivity index (χ1n) is 4.77. The molecule has 0 atom stereocenters. The van der Waals surface area contributed by atoms with E-state index < -0.39 is 0 Å². The van der Waals surface area contributed by atoms with Crippen molar-refractivity contribution in [1.29, 1.82) is 0 Å². The Morgan fingerprint density at radius 1 is 1.56 bits per heavy atom. The van der Waals surface area contributed by atoms with Crippen molar-refractivity contribution in [3.8, 4) is 0 Å². The van der Waals surface area contributed by atoms with Crippen molar-refractivity contribution in [3.63, 3.8) is 0 Å². The Balaban J connectivity index is 1.87. The van der Waals surface area contributed by atoms with Gasteiger partial charge in [-0.05, 0) is 22.0 Å². The third-order valence-corrected chi connectivity index (χ3v) is 4.67. The fourth-order valence-corrected chi connectivity index (χ4v) is 3.10. The first-order chi connectivity index (χ1) is 7.66. The Kier molecular flexibility index (Phi) is 4.02. The number of imidazole rings is 1. The summed E-state index contributed by atoms with van der Waals surface area (Å²) in [5.74, 6) is 1.03. The molecule has 0 aliphatic heterocycles. The Hall–Kier alpha value is -0.360. The molecular weight excluding hydrogens is 310 g/mol. The summed E-state index contributed by atoms with van der Waals surface area (Å²) in [4.78, 5) is 5.45. The Labute approximate surface area is 112 Å². The molecule has 2 aromatic heterocycles. The monoisotopic (exact) mass is 319 g/mol. The number of thiophene rings is 1. The molecule has 6 heteroatoms. The van der Waals surface area contributed by atoms with Crippen LogP contribution in [0.5, 0.6) is 0 Å². The standard InChI is InChI=1S/C10H11BrClN3S/c1-15-3-2-14-9(15)6-13-5-7-4-8(11)10(12)16-7/h2-4,13H,5-6H2,1H3. The highest BCUT2D eigenvalue weighted by Crippen LogP contribution is 2.31. The molecule has 0 unspecified atom stereocenters. The third-order valence-electron chi connectivity index (χ3n) is 2.20. The molecule has 2 rings (SSSR count). The normalized spacial score (nSPS) is 10.9. The molecular formula is C10H11BrClN3S. The lowest BCUT2D eigenvalue weighted by Gasteiger charge is -2.02. The van der Waals surface area contributed by atoms with Crippen LogP contribution in [0.1, 0.15) is 10.7 Å². The number of hydrogen-bond acceptors (Lipinski definition) is 3. The third kappa shape index (κ3) is 2.85. The second kappa shape index (κ2) is 5.31. The van der Waals surface area contributed by atoms with Gasteiger partial charge in [0, 0.05) is 35.3 Å². The van der Waals surface area contributed by atoms with Gasteiger partial charge in [0.1, 0.15) is 10.2 Å². The molecule has 0 saturated heterocycles. The SMILES string of the molecule is Cn1ccnc1CNCc1cc(Br)c(Cl)s1. The smallest absolute Gasteiger partial charge is 0.122 e. The zero-order chi connectivity index (χ0) is 11.5. The number of nitrogens with zero attached hydrogens (tertiary/aromatic N) is 2. The summed E-state index contributed by atoms with van der Waals surface area (Å²) >= 11 is 10.9. The van der Waals surface area contributed by atoms with Crippen molar-refractivity contribution in [2.24, 2.45) is 7.05 Å². The Morgan fingerprint density at radius 2 is 2.38 bits per heavy atom. The Bertz CT molecular complexity index is 461. The number of aryl methyl sites for hydroxylation is 1. The highest BCUT2D eigenvalue weighted by molar-refractivity contribution is 9.10. The predicted octanol–water partition coefficient (Wildman–Crippen LogP) is 3.19. The molecule has 0 fully saturated rings. The number of nitrogens with one attached hydrogen (secondary N) is 1. The molecule has 0 bridgehead atoms. The molecule has 2 heterocycles. The van der Waals surface area contributed by atoms with Crippen molar-refractivity contribution in [2.45, 2.75) is 13.1 Å². The molecule has 0 aliphatic carbocycles. The molecule has 0 aromatic carbocycles. The van der Waals surface area contributed by atoms with Crippen molar-refractivity contribution in [1.82, 2.24) is 14.9 Å². The van der Waals surface area contributed by atoms with Crippen LogP contribution in [0.15, 0.2) is 22.9 Å². The summed E-state index contributed by atoms with van der Waals surface area (Å²) in [6.45, 7) is 1.57. The van der Waals surface area contributed by atoms with E-state index in [2.05, 4.69) is 26.2 Å². The second-order valence-electron chi connectivity index (χ2n) is 3.39. The lowest BCUT2D eigenvalue weighted by Crippen LogP contribution is -2.14. The quantitative estimate of drug-likeness (QED) is 0.937. The fraction of sp³-hybridized carbons (Fsp3) is 0.300. The molecule has 0 spiro atoms. The molecule has 0 saturated carbocycles. The highest BCUT2D eigenvalue weighted by atomic mass is 79.9. The predicted molar refractivity (Wildman–Crippen MR) is 70.8 cm³/mol. The first-order valence-corrected chi connectivity index (χ1v) is 6.76.